The smallest absolute Gasteiger partial charge is 0.145 e. The molecule has 0 bridgehead atoms. The largest absolute Gasteiger partial charge is 0.382 e. The Labute approximate surface area is 93.1 Å². The Bertz CT molecular complexity index is 480. The number of nitrogens with zero attached hydrogens (tertiary/aromatic N) is 2. The van der Waals surface area contributed by atoms with Gasteiger partial charge in [-0.1, -0.05) is 24.3 Å². The molecule has 0 atom stereocenters. The third-order valence-electron chi connectivity index (χ3n) is 2.07. The van der Waals surface area contributed by atoms with Crippen LogP contribution in [0.4, 0.5) is 5.82 Å². The topological polar surface area (TPSA) is 67.6 Å². The van der Waals surface area contributed by atoms with E-state index >= 15 is 0 Å². The number of nitrogens with two attached hydrogens (primary N) is 1. The molecule has 80 valence electrons. The lowest BCUT2D eigenvalue weighted by Crippen LogP contribution is -1.81. The van der Waals surface area contributed by atoms with Crippen LogP contribution in [0.3, 0.4) is 0 Å². The summed E-state index contributed by atoms with van der Waals surface area (Å²) in [7, 11) is 0. The van der Waals surface area contributed by atoms with Gasteiger partial charge in [0.05, 0.1) is 0 Å². The first-order valence-corrected chi connectivity index (χ1v) is 4.90. The molecule has 1 aromatic carbocycles. The number of pyridine rings is 1. The van der Waals surface area contributed by atoms with Gasteiger partial charge in [-0.15, -0.1) is 0 Å². The molecule has 4 nitrogen and oxygen atoms in total. The molecule has 0 saturated carbocycles. The second-order valence-electron chi connectivity index (χ2n) is 3.22. The van der Waals surface area contributed by atoms with Crippen molar-refractivity contribution in [2.45, 2.75) is 0 Å². The van der Waals surface area contributed by atoms with Crippen LogP contribution in [0.25, 0.3) is 10.8 Å². The van der Waals surface area contributed by atoms with Gasteiger partial charge in [0.15, 0.2) is 0 Å². The van der Waals surface area contributed by atoms with E-state index in [9.17, 15) is 0 Å². The Morgan fingerprint density at radius 1 is 1.00 bits per heavy atom. The quantitative estimate of drug-likeness (QED) is 0.600. The average molecular weight is 212 g/mol. The number of nitrogens with one attached hydrogen (secondary N) is 1. The van der Waals surface area contributed by atoms with Crippen LogP contribution in [0.15, 0.2) is 55.0 Å². The second-order valence-corrected chi connectivity index (χ2v) is 3.22. The number of hydrogen-bond acceptors (Lipinski definition) is 3. The highest BCUT2D eigenvalue weighted by atomic mass is 15.1. The number of anilines is 1. The molecule has 16 heavy (non-hydrogen) atoms. The lowest BCUT2D eigenvalue weighted by Gasteiger charge is -1.91. The molecule has 0 radical (unpaired) electrons. The van der Waals surface area contributed by atoms with Crippen LogP contribution >= 0.6 is 0 Å². The van der Waals surface area contributed by atoms with Gasteiger partial charge in [0.1, 0.15) is 5.82 Å². The van der Waals surface area contributed by atoms with E-state index in [0.29, 0.717) is 5.82 Å². The highest BCUT2D eigenvalue weighted by Gasteiger charge is 1.86. The van der Waals surface area contributed by atoms with Crippen molar-refractivity contribution in [3.63, 3.8) is 0 Å². The van der Waals surface area contributed by atoms with E-state index in [-0.39, 0.29) is 0 Å². The summed E-state index contributed by atoms with van der Waals surface area (Å²) in [4.78, 5) is 4.01. The van der Waals surface area contributed by atoms with Crippen LogP contribution in [0, 0.1) is 0 Å². The van der Waals surface area contributed by atoms with E-state index in [1.54, 1.807) is 12.3 Å². The van der Waals surface area contributed by atoms with Gasteiger partial charge in [0.2, 0.25) is 0 Å². The molecule has 0 unspecified atom stereocenters. The van der Waals surface area contributed by atoms with E-state index in [2.05, 4.69) is 27.3 Å². The number of aromatic nitrogens is 3. The van der Waals surface area contributed by atoms with Crippen molar-refractivity contribution in [1.82, 2.24) is 15.2 Å². The molecular formula is C12H12N4. The van der Waals surface area contributed by atoms with Crippen molar-refractivity contribution in [3.05, 3.63) is 55.0 Å². The number of benzene rings is 1. The molecular weight excluding hydrogens is 200 g/mol. The zero-order chi connectivity index (χ0) is 11.2. The van der Waals surface area contributed by atoms with Crippen LogP contribution in [0.2, 0.25) is 0 Å². The summed E-state index contributed by atoms with van der Waals surface area (Å²) in [6.07, 6.45) is 5.35. The minimum atomic E-state index is 0.537. The van der Waals surface area contributed by atoms with Gasteiger partial charge in [-0.3, -0.25) is 10.1 Å². The normalized spacial score (nSPS) is 9.50. The second kappa shape index (κ2) is 4.93. The summed E-state index contributed by atoms with van der Waals surface area (Å²) < 4.78 is 0. The van der Waals surface area contributed by atoms with E-state index in [4.69, 9.17) is 5.73 Å². The Kier molecular flexibility index (Phi) is 3.13. The molecule has 0 amide bonds. The van der Waals surface area contributed by atoms with Crippen LogP contribution in [0.5, 0.6) is 0 Å². The SMILES string of the molecule is Nc1cc[nH]n1.c1ccc2cnccc2c1. The zero-order valence-corrected chi connectivity index (χ0v) is 8.67. The Balaban J connectivity index is 0.000000138. The van der Waals surface area contributed by atoms with Gasteiger partial charge >= 0.3 is 0 Å². The van der Waals surface area contributed by atoms with Crippen molar-refractivity contribution in [3.8, 4) is 0 Å². The molecule has 0 saturated heterocycles. The maximum Gasteiger partial charge on any atom is 0.145 e. The van der Waals surface area contributed by atoms with E-state index < -0.39 is 0 Å². The first-order chi connectivity index (χ1) is 7.86. The van der Waals surface area contributed by atoms with Gasteiger partial charge in [-0.25, -0.2) is 0 Å². The van der Waals surface area contributed by atoms with Crippen molar-refractivity contribution < 1.29 is 0 Å². The summed E-state index contributed by atoms with van der Waals surface area (Å²) in [5, 5.41) is 8.57. The highest BCUT2D eigenvalue weighted by molar-refractivity contribution is 5.80. The minimum Gasteiger partial charge on any atom is -0.382 e. The number of hydrogen-bond donors (Lipinski definition) is 2. The summed E-state index contributed by atoms with van der Waals surface area (Å²) in [5.41, 5.74) is 5.14. The molecule has 3 aromatic rings. The summed E-state index contributed by atoms with van der Waals surface area (Å²) >= 11 is 0. The summed E-state index contributed by atoms with van der Waals surface area (Å²) in [6, 6.07) is 11.9. The minimum absolute atomic E-state index is 0.537. The molecule has 4 heteroatoms. The van der Waals surface area contributed by atoms with Crippen molar-refractivity contribution in [2.24, 2.45) is 0 Å². The van der Waals surface area contributed by atoms with Gasteiger partial charge < -0.3 is 5.73 Å². The molecule has 2 aromatic heterocycles. The third-order valence-corrected chi connectivity index (χ3v) is 2.07. The first-order valence-electron chi connectivity index (χ1n) is 4.90. The standard InChI is InChI=1S/C9H7N.C3H5N3/c1-2-4-9-7-10-6-5-8(9)3-1;4-3-1-2-5-6-3/h1-7H;1-2H,(H3,4,5,6). The van der Waals surface area contributed by atoms with E-state index in [1.807, 2.05) is 30.6 Å². The Morgan fingerprint density at radius 2 is 1.81 bits per heavy atom. The maximum absolute atomic E-state index is 5.14. The number of fused-ring (bicyclic) bond motifs is 1. The maximum atomic E-state index is 5.14. The molecule has 0 aliphatic heterocycles. The fraction of sp³-hybridized carbons (Fsp3) is 0. The number of aromatic amines is 1. The predicted octanol–water partition coefficient (Wildman–Crippen LogP) is 2.23. The van der Waals surface area contributed by atoms with Crippen LogP contribution in [-0.4, -0.2) is 15.2 Å². The van der Waals surface area contributed by atoms with Crippen LogP contribution in [-0.2, 0) is 0 Å². The molecule has 0 spiro atoms. The van der Waals surface area contributed by atoms with Crippen LogP contribution < -0.4 is 5.73 Å². The fourth-order valence-electron chi connectivity index (χ4n) is 1.30. The molecule has 3 rings (SSSR count). The third kappa shape index (κ3) is 2.57. The van der Waals surface area contributed by atoms with Gasteiger partial charge in [0, 0.05) is 18.6 Å². The zero-order valence-electron chi connectivity index (χ0n) is 8.67. The van der Waals surface area contributed by atoms with Gasteiger partial charge in [-0.05, 0) is 22.9 Å². The summed E-state index contributed by atoms with van der Waals surface area (Å²) in [5.74, 6) is 0.537. The van der Waals surface area contributed by atoms with Gasteiger partial charge in [0.25, 0.3) is 0 Å². The summed E-state index contributed by atoms with van der Waals surface area (Å²) in [6.45, 7) is 0. The number of rotatable bonds is 0. The Hall–Kier alpha value is -2.36. The lowest BCUT2D eigenvalue weighted by atomic mass is 10.2. The van der Waals surface area contributed by atoms with E-state index in [1.165, 1.54) is 10.8 Å². The van der Waals surface area contributed by atoms with E-state index in [0.717, 1.165) is 0 Å². The number of H-pyrrole nitrogens is 1. The monoisotopic (exact) mass is 212 g/mol. The first kappa shape index (κ1) is 10.2. The lowest BCUT2D eigenvalue weighted by molar-refractivity contribution is 1.10. The van der Waals surface area contributed by atoms with Gasteiger partial charge in [-0.2, -0.15) is 5.10 Å². The average Bonchev–Trinajstić information content (AvgIpc) is 2.81. The highest BCUT2D eigenvalue weighted by Crippen LogP contribution is 2.09. The number of nitrogen functional groups attached to an aromatic ring is 1. The predicted molar refractivity (Wildman–Crippen MR) is 64.7 cm³/mol. The molecule has 0 fully saturated rings. The fourth-order valence-corrected chi connectivity index (χ4v) is 1.30. The molecule has 2 heterocycles. The van der Waals surface area contributed by atoms with Crippen LogP contribution in [0.1, 0.15) is 0 Å². The van der Waals surface area contributed by atoms with Crippen molar-refractivity contribution in [2.75, 3.05) is 5.73 Å². The molecule has 0 aliphatic rings. The molecule has 0 aliphatic carbocycles. The van der Waals surface area contributed by atoms with Crippen molar-refractivity contribution in [1.29, 1.82) is 0 Å². The Morgan fingerprint density at radius 3 is 2.38 bits per heavy atom. The van der Waals surface area contributed by atoms with Crippen molar-refractivity contribution >= 4 is 16.6 Å². The molecule has 3 N–H and O–H groups in total.